The Morgan fingerprint density at radius 3 is 2.71 bits per heavy atom. The van der Waals surface area contributed by atoms with Crippen molar-refractivity contribution < 1.29 is 0 Å². The number of rotatable bonds is 3. The molecule has 0 radical (unpaired) electrons. The van der Waals surface area contributed by atoms with Crippen molar-refractivity contribution in [3.8, 4) is 12.3 Å². The minimum Gasteiger partial charge on any atom is -0.356 e. The first-order valence-electron chi connectivity index (χ1n) is 6.98. The Kier molecular flexibility index (Phi) is 7.90. The molecule has 2 rings (SSSR count). The summed E-state index contributed by atoms with van der Waals surface area (Å²) in [5, 5.41) is 3.29. The van der Waals surface area contributed by atoms with Gasteiger partial charge >= 0.3 is 0 Å². The summed E-state index contributed by atoms with van der Waals surface area (Å²) in [4.78, 5) is 13.4. The van der Waals surface area contributed by atoms with Crippen LogP contribution in [0.3, 0.4) is 0 Å². The average Bonchev–Trinajstić information content (AvgIpc) is 2.52. The smallest absolute Gasteiger partial charge is 0.195 e. The van der Waals surface area contributed by atoms with Gasteiger partial charge in [0.25, 0.3) is 0 Å². The Labute approximate surface area is 143 Å². The van der Waals surface area contributed by atoms with E-state index in [9.17, 15) is 0 Å². The third kappa shape index (κ3) is 5.08. The van der Waals surface area contributed by atoms with E-state index in [1.165, 1.54) is 0 Å². The molecule has 0 bridgehead atoms. The first kappa shape index (κ1) is 17.6. The predicted octanol–water partition coefficient (Wildman–Crippen LogP) is 1.42. The molecule has 1 N–H and O–H groups in total. The summed E-state index contributed by atoms with van der Waals surface area (Å²) in [5.74, 6) is 4.50. The molecule has 0 aliphatic carbocycles. The number of hydrogen-bond donors (Lipinski definition) is 1. The molecule has 1 aliphatic heterocycles. The van der Waals surface area contributed by atoms with Crippen LogP contribution in [0, 0.1) is 12.3 Å². The van der Waals surface area contributed by atoms with Crippen molar-refractivity contribution in [1.82, 2.24) is 15.2 Å². The number of hydrogen-bond acceptors (Lipinski definition) is 3. The molecule has 1 saturated heterocycles. The Bertz CT molecular complexity index is 475. The standard InChI is InChI=1S/C15H21N5.HI/c1-3-8-18-15(16-4-2)20-12-10-19(11-13-20)14-7-5-6-9-17-14;/h1,5-7,9H,4,8,10-13H2,2H3,(H,16,18);1H. The van der Waals surface area contributed by atoms with Crippen molar-refractivity contribution in [1.29, 1.82) is 0 Å². The fourth-order valence-corrected chi connectivity index (χ4v) is 2.23. The van der Waals surface area contributed by atoms with E-state index in [-0.39, 0.29) is 24.0 Å². The van der Waals surface area contributed by atoms with E-state index in [0.717, 1.165) is 44.5 Å². The maximum absolute atomic E-state index is 5.28. The molecule has 0 atom stereocenters. The number of piperazine rings is 1. The maximum atomic E-state index is 5.28. The Morgan fingerprint density at radius 1 is 1.38 bits per heavy atom. The van der Waals surface area contributed by atoms with E-state index >= 15 is 0 Å². The third-order valence-electron chi connectivity index (χ3n) is 3.21. The Hall–Kier alpha value is -1.49. The molecular formula is C15H22IN5. The summed E-state index contributed by atoms with van der Waals surface area (Å²) in [7, 11) is 0. The summed E-state index contributed by atoms with van der Waals surface area (Å²) in [6, 6.07) is 6.01. The van der Waals surface area contributed by atoms with Crippen LogP contribution in [0.15, 0.2) is 29.4 Å². The number of halogens is 1. The SMILES string of the molecule is C#CCN=C(NCC)N1CCN(c2ccccn2)CC1.I. The molecule has 21 heavy (non-hydrogen) atoms. The van der Waals surface area contributed by atoms with E-state index in [0.29, 0.717) is 6.54 Å². The molecule has 1 fully saturated rings. The van der Waals surface area contributed by atoms with Crippen LogP contribution in [0.4, 0.5) is 5.82 Å². The second kappa shape index (κ2) is 9.45. The van der Waals surface area contributed by atoms with E-state index in [4.69, 9.17) is 6.42 Å². The fourth-order valence-electron chi connectivity index (χ4n) is 2.23. The second-order valence-corrected chi connectivity index (χ2v) is 4.54. The zero-order chi connectivity index (χ0) is 14.2. The van der Waals surface area contributed by atoms with Crippen LogP contribution in [0.2, 0.25) is 0 Å². The Balaban J connectivity index is 0.00000220. The Morgan fingerprint density at radius 2 is 2.14 bits per heavy atom. The summed E-state index contributed by atoms with van der Waals surface area (Å²) in [6.07, 6.45) is 7.11. The van der Waals surface area contributed by atoms with Gasteiger partial charge < -0.3 is 15.1 Å². The quantitative estimate of drug-likeness (QED) is 0.362. The van der Waals surface area contributed by atoms with Crippen molar-refractivity contribution in [2.45, 2.75) is 6.92 Å². The first-order valence-corrected chi connectivity index (χ1v) is 6.98. The number of nitrogens with zero attached hydrogens (tertiary/aromatic N) is 4. The average molecular weight is 399 g/mol. The van der Waals surface area contributed by atoms with Gasteiger partial charge in [0.05, 0.1) is 0 Å². The highest BCUT2D eigenvalue weighted by atomic mass is 127. The van der Waals surface area contributed by atoms with Crippen molar-refractivity contribution in [2.24, 2.45) is 4.99 Å². The lowest BCUT2D eigenvalue weighted by molar-refractivity contribution is 0.372. The number of pyridine rings is 1. The van der Waals surface area contributed by atoms with Gasteiger partial charge in [0.1, 0.15) is 12.4 Å². The van der Waals surface area contributed by atoms with Gasteiger partial charge in [-0.15, -0.1) is 30.4 Å². The third-order valence-corrected chi connectivity index (χ3v) is 3.21. The van der Waals surface area contributed by atoms with Crippen LogP contribution in [0.5, 0.6) is 0 Å². The van der Waals surface area contributed by atoms with Gasteiger partial charge in [0.15, 0.2) is 5.96 Å². The van der Waals surface area contributed by atoms with Gasteiger partial charge in [-0.2, -0.15) is 0 Å². The molecule has 6 heteroatoms. The molecule has 1 aliphatic rings. The maximum Gasteiger partial charge on any atom is 0.195 e. The molecule has 0 unspecified atom stereocenters. The number of aliphatic imine (C=N–C) groups is 1. The van der Waals surface area contributed by atoms with Gasteiger partial charge in [-0.25, -0.2) is 9.98 Å². The minimum atomic E-state index is 0. The molecule has 1 aromatic rings. The minimum absolute atomic E-state index is 0. The molecule has 0 amide bonds. The number of nitrogens with one attached hydrogen (secondary N) is 1. The number of anilines is 1. The highest BCUT2D eigenvalue weighted by molar-refractivity contribution is 14.0. The van der Waals surface area contributed by atoms with Gasteiger partial charge in [-0.3, -0.25) is 0 Å². The van der Waals surface area contributed by atoms with Gasteiger partial charge in [-0.05, 0) is 19.1 Å². The number of aromatic nitrogens is 1. The molecule has 114 valence electrons. The number of guanidine groups is 1. The van der Waals surface area contributed by atoms with Crippen molar-refractivity contribution in [3.63, 3.8) is 0 Å². The summed E-state index contributed by atoms with van der Waals surface area (Å²) < 4.78 is 0. The molecule has 2 heterocycles. The van der Waals surface area contributed by atoms with Gasteiger partial charge in [0.2, 0.25) is 0 Å². The molecule has 1 aromatic heterocycles. The molecule has 0 spiro atoms. The topological polar surface area (TPSA) is 43.8 Å². The molecular weight excluding hydrogens is 377 g/mol. The van der Waals surface area contributed by atoms with E-state index in [1.54, 1.807) is 0 Å². The zero-order valence-corrected chi connectivity index (χ0v) is 14.7. The fraction of sp³-hybridized carbons (Fsp3) is 0.467. The van der Waals surface area contributed by atoms with E-state index in [2.05, 4.69) is 37.9 Å². The van der Waals surface area contributed by atoms with Crippen LogP contribution in [-0.4, -0.2) is 55.1 Å². The normalized spacial score (nSPS) is 15.1. The van der Waals surface area contributed by atoms with Crippen LogP contribution < -0.4 is 10.2 Å². The first-order chi connectivity index (χ1) is 9.85. The predicted molar refractivity (Wildman–Crippen MR) is 98.2 cm³/mol. The van der Waals surface area contributed by atoms with Crippen molar-refractivity contribution in [3.05, 3.63) is 24.4 Å². The monoisotopic (exact) mass is 399 g/mol. The molecule has 0 saturated carbocycles. The lowest BCUT2D eigenvalue weighted by atomic mass is 10.3. The second-order valence-electron chi connectivity index (χ2n) is 4.54. The molecule has 5 nitrogen and oxygen atoms in total. The van der Waals surface area contributed by atoms with Gasteiger partial charge in [-0.1, -0.05) is 12.0 Å². The largest absolute Gasteiger partial charge is 0.356 e. The van der Waals surface area contributed by atoms with Crippen LogP contribution >= 0.6 is 24.0 Å². The van der Waals surface area contributed by atoms with Crippen molar-refractivity contribution in [2.75, 3.05) is 44.2 Å². The number of terminal acetylenes is 1. The lowest BCUT2D eigenvalue weighted by Crippen LogP contribution is -2.52. The lowest BCUT2D eigenvalue weighted by Gasteiger charge is -2.37. The van der Waals surface area contributed by atoms with Crippen LogP contribution in [-0.2, 0) is 0 Å². The zero-order valence-electron chi connectivity index (χ0n) is 12.3. The van der Waals surface area contributed by atoms with Crippen LogP contribution in [0.25, 0.3) is 0 Å². The van der Waals surface area contributed by atoms with E-state index in [1.807, 2.05) is 24.4 Å². The highest BCUT2D eigenvalue weighted by Gasteiger charge is 2.19. The van der Waals surface area contributed by atoms with E-state index < -0.39 is 0 Å². The highest BCUT2D eigenvalue weighted by Crippen LogP contribution is 2.12. The summed E-state index contributed by atoms with van der Waals surface area (Å²) in [5.41, 5.74) is 0. The summed E-state index contributed by atoms with van der Waals surface area (Å²) in [6.45, 7) is 7.07. The summed E-state index contributed by atoms with van der Waals surface area (Å²) >= 11 is 0. The van der Waals surface area contributed by atoms with Crippen LogP contribution in [0.1, 0.15) is 6.92 Å². The molecule has 0 aromatic carbocycles. The van der Waals surface area contributed by atoms with Gasteiger partial charge in [0, 0.05) is 38.9 Å². The van der Waals surface area contributed by atoms with Crippen molar-refractivity contribution >= 4 is 35.8 Å².